The molecule has 1 aliphatic rings. The molecule has 1 aromatic heterocycles. The van der Waals surface area contributed by atoms with E-state index in [0.29, 0.717) is 6.04 Å². The molecule has 1 saturated carbocycles. The Morgan fingerprint density at radius 1 is 1.40 bits per heavy atom. The van der Waals surface area contributed by atoms with Crippen molar-refractivity contribution in [3.63, 3.8) is 0 Å². The topological polar surface area (TPSA) is 47.1 Å². The highest BCUT2D eigenvalue weighted by Crippen LogP contribution is 2.35. The summed E-state index contributed by atoms with van der Waals surface area (Å²) in [7, 11) is 0. The highest BCUT2D eigenvalue weighted by molar-refractivity contribution is 5.03. The van der Waals surface area contributed by atoms with E-state index in [1.807, 2.05) is 4.68 Å². The van der Waals surface area contributed by atoms with Crippen molar-refractivity contribution in [2.45, 2.75) is 71.0 Å². The zero-order valence-electron chi connectivity index (χ0n) is 13.3. The summed E-state index contributed by atoms with van der Waals surface area (Å²) < 4.78 is 2.04. The first-order chi connectivity index (χ1) is 9.61. The molecular weight excluding hydrogens is 248 g/mol. The molecule has 0 aromatic carbocycles. The van der Waals surface area contributed by atoms with E-state index in [9.17, 15) is 0 Å². The largest absolute Gasteiger partial charge is 0.329 e. The molecule has 1 heterocycles. The van der Waals surface area contributed by atoms with Gasteiger partial charge in [-0.3, -0.25) is 9.58 Å². The molecule has 1 aromatic rings. The van der Waals surface area contributed by atoms with Gasteiger partial charge in [-0.15, -0.1) is 0 Å². The van der Waals surface area contributed by atoms with Gasteiger partial charge in [0.15, 0.2) is 0 Å². The zero-order chi connectivity index (χ0) is 14.6. The Bertz CT molecular complexity index is 404. The van der Waals surface area contributed by atoms with E-state index in [1.54, 1.807) is 0 Å². The van der Waals surface area contributed by atoms with Crippen LogP contribution in [0.25, 0.3) is 0 Å². The average molecular weight is 278 g/mol. The lowest BCUT2D eigenvalue weighted by molar-refractivity contribution is 0.0886. The molecule has 0 amide bonds. The summed E-state index contributed by atoms with van der Waals surface area (Å²) in [5, 5.41) is 4.70. The molecular formula is C16H30N4. The van der Waals surface area contributed by atoms with Gasteiger partial charge in [0, 0.05) is 30.9 Å². The molecule has 0 spiro atoms. The van der Waals surface area contributed by atoms with Crippen molar-refractivity contribution < 1.29 is 0 Å². The van der Waals surface area contributed by atoms with Crippen molar-refractivity contribution in [2.24, 2.45) is 5.73 Å². The van der Waals surface area contributed by atoms with Crippen molar-refractivity contribution >= 4 is 0 Å². The van der Waals surface area contributed by atoms with E-state index in [2.05, 4.69) is 37.9 Å². The lowest BCUT2D eigenvalue weighted by atomic mass is 9.94. The molecule has 4 nitrogen and oxygen atoms in total. The molecule has 114 valence electrons. The van der Waals surface area contributed by atoms with E-state index in [0.717, 1.165) is 19.6 Å². The molecule has 4 heteroatoms. The summed E-state index contributed by atoms with van der Waals surface area (Å²) in [5.41, 5.74) is 7.53. The molecule has 0 atom stereocenters. The van der Waals surface area contributed by atoms with E-state index in [-0.39, 0.29) is 5.54 Å². The van der Waals surface area contributed by atoms with Crippen LogP contribution in [0.3, 0.4) is 0 Å². The first kappa shape index (κ1) is 15.5. The lowest BCUT2D eigenvalue weighted by Crippen LogP contribution is -2.51. The normalized spacial score (nSPS) is 18.3. The minimum Gasteiger partial charge on any atom is -0.329 e. The summed E-state index contributed by atoms with van der Waals surface area (Å²) in [4.78, 5) is 2.59. The fourth-order valence-electron chi connectivity index (χ4n) is 3.38. The molecule has 0 saturated heterocycles. The minimum absolute atomic E-state index is 0.220. The second kappa shape index (κ2) is 6.72. The van der Waals surface area contributed by atoms with E-state index >= 15 is 0 Å². The van der Waals surface area contributed by atoms with Gasteiger partial charge in [0.2, 0.25) is 0 Å². The van der Waals surface area contributed by atoms with Gasteiger partial charge in [-0.1, -0.05) is 19.8 Å². The van der Waals surface area contributed by atoms with Crippen molar-refractivity contribution in [3.8, 4) is 0 Å². The molecule has 0 aliphatic heterocycles. The Balaban J connectivity index is 2.11. The second-order valence-corrected chi connectivity index (χ2v) is 6.44. The van der Waals surface area contributed by atoms with Gasteiger partial charge in [0.05, 0.1) is 5.69 Å². The molecule has 0 unspecified atom stereocenters. The highest BCUT2D eigenvalue weighted by atomic mass is 15.3. The van der Waals surface area contributed by atoms with Crippen LogP contribution >= 0.6 is 0 Å². The number of rotatable bonds is 7. The number of nitrogens with zero attached hydrogens (tertiary/aromatic N) is 3. The molecule has 2 rings (SSSR count). The Labute approximate surface area is 123 Å². The van der Waals surface area contributed by atoms with Crippen LogP contribution in [0.15, 0.2) is 12.3 Å². The fraction of sp³-hybridized carbons (Fsp3) is 0.812. The Morgan fingerprint density at radius 2 is 2.10 bits per heavy atom. The van der Waals surface area contributed by atoms with Crippen LogP contribution < -0.4 is 5.73 Å². The minimum atomic E-state index is 0.220. The molecule has 0 radical (unpaired) electrons. The highest BCUT2D eigenvalue weighted by Gasteiger charge is 2.38. The van der Waals surface area contributed by atoms with Gasteiger partial charge in [-0.05, 0) is 45.7 Å². The maximum atomic E-state index is 6.14. The summed E-state index contributed by atoms with van der Waals surface area (Å²) >= 11 is 0. The average Bonchev–Trinajstić information content (AvgIpc) is 3.08. The van der Waals surface area contributed by atoms with Gasteiger partial charge < -0.3 is 5.73 Å². The van der Waals surface area contributed by atoms with Gasteiger partial charge in [0.1, 0.15) is 0 Å². The Kier molecular flexibility index (Phi) is 5.22. The van der Waals surface area contributed by atoms with E-state index in [4.69, 9.17) is 10.8 Å². The fourth-order valence-corrected chi connectivity index (χ4v) is 3.38. The van der Waals surface area contributed by atoms with Crippen molar-refractivity contribution in [1.82, 2.24) is 14.7 Å². The summed E-state index contributed by atoms with van der Waals surface area (Å²) in [6, 6.07) is 2.58. The van der Waals surface area contributed by atoms with Crippen LogP contribution in [0.5, 0.6) is 0 Å². The third-order valence-corrected chi connectivity index (χ3v) is 4.62. The second-order valence-electron chi connectivity index (χ2n) is 6.44. The SMILES string of the molecule is CCCN(Cc1ccn(C(C)C)n1)C1(CN)CCCC1. The number of nitrogens with two attached hydrogens (primary N) is 1. The van der Waals surface area contributed by atoms with Crippen LogP contribution in [-0.2, 0) is 6.54 Å². The first-order valence-electron chi connectivity index (χ1n) is 8.10. The van der Waals surface area contributed by atoms with Crippen LogP contribution in [0.4, 0.5) is 0 Å². The van der Waals surface area contributed by atoms with E-state index < -0.39 is 0 Å². The molecule has 1 aliphatic carbocycles. The van der Waals surface area contributed by atoms with Crippen LogP contribution in [0.1, 0.15) is 64.6 Å². The monoisotopic (exact) mass is 278 g/mol. The molecule has 0 bridgehead atoms. The lowest BCUT2D eigenvalue weighted by Gasteiger charge is -2.40. The zero-order valence-corrected chi connectivity index (χ0v) is 13.3. The van der Waals surface area contributed by atoms with Gasteiger partial charge >= 0.3 is 0 Å². The maximum Gasteiger partial charge on any atom is 0.0765 e. The molecule has 1 fully saturated rings. The number of hydrogen-bond donors (Lipinski definition) is 1. The Morgan fingerprint density at radius 3 is 2.60 bits per heavy atom. The maximum absolute atomic E-state index is 6.14. The van der Waals surface area contributed by atoms with Crippen LogP contribution in [0.2, 0.25) is 0 Å². The molecule has 20 heavy (non-hydrogen) atoms. The number of hydrogen-bond acceptors (Lipinski definition) is 3. The van der Waals surface area contributed by atoms with Crippen LogP contribution in [-0.4, -0.2) is 33.3 Å². The summed E-state index contributed by atoms with van der Waals surface area (Å²) in [6.45, 7) is 9.41. The quantitative estimate of drug-likeness (QED) is 0.834. The van der Waals surface area contributed by atoms with Crippen molar-refractivity contribution in [1.29, 1.82) is 0 Å². The van der Waals surface area contributed by atoms with Crippen molar-refractivity contribution in [2.75, 3.05) is 13.1 Å². The summed E-state index contributed by atoms with van der Waals surface area (Å²) in [6.07, 6.45) is 8.39. The standard InChI is InChI=1S/C16H30N4/c1-4-10-19(16(13-17)8-5-6-9-16)12-15-7-11-20(18-15)14(2)3/h7,11,14H,4-6,8-10,12-13,17H2,1-3H3. The Hall–Kier alpha value is -0.870. The third kappa shape index (κ3) is 3.23. The predicted octanol–water partition coefficient (Wildman–Crippen LogP) is 2.95. The summed E-state index contributed by atoms with van der Waals surface area (Å²) in [5.74, 6) is 0. The third-order valence-electron chi connectivity index (χ3n) is 4.62. The van der Waals surface area contributed by atoms with E-state index in [1.165, 1.54) is 37.8 Å². The first-order valence-corrected chi connectivity index (χ1v) is 8.10. The molecule has 2 N–H and O–H groups in total. The smallest absolute Gasteiger partial charge is 0.0765 e. The predicted molar refractivity (Wildman–Crippen MR) is 83.6 cm³/mol. The van der Waals surface area contributed by atoms with Crippen molar-refractivity contribution in [3.05, 3.63) is 18.0 Å². The van der Waals surface area contributed by atoms with Gasteiger partial charge in [-0.25, -0.2) is 0 Å². The van der Waals surface area contributed by atoms with Crippen LogP contribution in [0, 0.1) is 0 Å². The van der Waals surface area contributed by atoms with Gasteiger partial charge in [-0.2, -0.15) is 5.10 Å². The number of aromatic nitrogens is 2. The van der Waals surface area contributed by atoms with Gasteiger partial charge in [0.25, 0.3) is 0 Å².